The Morgan fingerprint density at radius 1 is 1.19 bits per heavy atom. The second-order valence-electron chi connectivity index (χ2n) is 8.28. The van der Waals surface area contributed by atoms with Gasteiger partial charge >= 0.3 is 12.0 Å². The first kappa shape index (κ1) is 21.2. The van der Waals surface area contributed by atoms with Gasteiger partial charge < -0.3 is 15.3 Å². The van der Waals surface area contributed by atoms with Gasteiger partial charge in [0.1, 0.15) is 0 Å². The van der Waals surface area contributed by atoms with Gasteiger partial charge in [0.05, 0.1) is 6.54 Å². The van der Waals surface area contributed by atoms with Crippen molar-refractivity contribution in [3.63, 3.8) is 0 Å². The summed E-state index contributed by atoms with van der Waals surface area (Å²) in [5.74, 6) is -0.797. The van der Waals surface area contributed by atoms with Crippen LogP contribution in [0.5, 0.6) is 0 Å². The van der Waals surface area contributed by atoms with Gasteiger partial charge in [-0.3, -0.25) is 9.69 Å². The summed E-state index contributed by atoms with van der Waals surface area (Å²) in [6.07, 6.45) is 1.63. The molecule has 0 radical (unpaired) electrons. The summed E-state index contributed by atoms with van der Waals surface area (Å²) in [4.78, 5) is 27.2. The molecule has 0 unspecified atom stereocenters. The Labute approximate surface area is 162 Å². The number of aliphatic carboxylic acids is 1. The molecule has 1 aromatic rings. The summed E-state index contributed by atoms with van der Waals surface area (Å²) in [5.41, 5.74) is 2.49. The third-order valence-corrected chi connectivity index (χ3v) is 5.28. The van der Waals surface area contributed by atoms with E-state index in [9.17, 15) is 9.59 Å². The molecule has 1 aromatic carbocycles. The van der Waals surface area contributed by atoms with E-state index < -0.39 is 5.97 Å². The Morgan fingerprint density at radius 2 is 1.78 bits per heavy atom. The Hall–Kier alpha value is -2.08. The number of carbonyl (C=O) groups is 2. The van der Waals surface area contributed by atoms with E-state index in [0.717, 1.165) is 18.4 Å². The minimum Gasteiger partial charge on any atom is -0.480 e. The first-order valence-corrected chi connectivity index (χ1v) is 9.78. The number of rotatable bonds is 6. The molecule has 0 aromatic heterocycles. The maximum atomic E-state index is 12.4. The van der Waals surface area contributed by atoms with Crippen LogP contribution in [0.15, 0.2) is 24.3 Å². The lowest BCUT2D eigenvalue weighted by molar-refractivity contribution is -0.139. The summed E-state index contributed by atoms with van der Waals surface area (Å²) >= 11 is 0. The van der Waals surface area contributed by atoms with Gasteiger partial charge in [0.15, 0.2) is 0 Å². The summed E-state index contributed by atoms with van der Waals surface area (Å²) in [5, 5.41) is 12.0. The molecule has 0 spiro atoms. The lowest BCUT2D eigenvalue weighted by atomic mass is 9.87. The van der Waals surface area contributed by atoms with Gasteiger partial charge in [-0.15, -0.1) is 0 Å². The van der Waals surface area contributed by atoms with E-state index in [2.05, 4.69) is 50.4 Å². The zero-order valence-corrected chi connectivity index (χ0v) is 17.0. The van der Waals surface area contributed by atoms with Crippen LogP contribution in [0.25, 0.3) is 0 Å². The second-order valence-corrected chi connectivity index (χ2v) is 8.28. The average Bonchev–Trinajstić information content (AvgIpc) is 2.64. The number of nitrogens with one attached hydrogen (secondary N) is 1. The molecule has 1 fully saturated rings. The van der Waals surface area contributed by atoms with Crippen LogP contribution in [-0.4, -0.2) is 59.1 Å². The monoisotopic (exact) mass is 375 g/mol. The normalized spacial score (nSPS) is 15.8. The van der Waals surface area contributed by atoms with Crippen LogP contribution in [0, 0.1) is 0 Å². The molecular formula is C21H33N3O3. The van der Waals surface area contributed by atoms with Gasteiger partial charge in [-0.05, 0) is 35.9 Å². The Morgan fingerprint density at radius 3 is 2.26 bits per heavy atom. The van der Waals surface area contributed by atoms with Gasteiger partial charge in [-0.1, -0.05) is 52.0 Å². The third kappa shape index (κ3) is 6.24. The lowest BCUT2D eigenvalue weighted by Gasteiger charge is -2.37. The fourth-order valence-corrected chi connectivity index (χ4v) is 3.52. The molecule has 2 amide bonds. The SMILES string of the molecule is CCN(CC(=O)O)C1CCN(C(=O)NCc2ccc(C(C)(C)C)cc2)CC1. The van der Waals surface area contributed by atoms with Crippen molar-refractivity contribution < 1.29 is 14.7 Å². The van der Waals surface area contributed by atoms with Crippen LogP contribution in [0.4, 0.5) is 4.79 Å². The Balaban J connectivity index is 1.80. The van der Waals surface area contributed by atoms with E-state index in [1.165, 1.54) is 5.56 Å². The number of benzene rings is 1. The summed E-state index contributed by atoms with van der Waals surface area (Å²) in [6.45, 7) is 11.2. The fraction of sp³-hybridized carbons (Fsp3) is 0.619. The molecular weight excluding hydrogens is 342 g/mol. The molecule has 1 aliphatic rings. The maximum Gasteiger partial charge on any atom is 0.317 e. The highest BCUT2D eigenvalue weighted by Gasteiger charge is 2.27. The first-order chi connectivity index (χ1) is 12.7. The Bertz CT molecular complexity index is 629. The zero-order chi connectivity index (χ0) is 20.0. The van der Waals surface area contributed by atoms with Gasteiger partial charge in [-0.25, -0.2) is 4.79 Å². The highest BCUT2D eigenvalue weighted by Crippen LogP contribution is 2.22. The quantitative estimate of drug-likeness (QED) is 0.801. The fourth-order valence-electron chi connectivity index (χ4n) is 3.52. The minimum atomic E-state index is -0.797. The summed E-state index contributed by atoms with van der Waals surface area (Å²) < 4.78 is 0. The molecule has 0 bridgehead atoms. The van der Waals surface area contributed by atoms with E-state index >= 15 is 0 Å². The van der Waals surface area contributed by atoms with Crippen molar-refractivity contribution in [3.05, 3.63) is 35.4 Å². The van der Waals surface area contributed by atoms with E-state index in [4.69, 9.17) is 5.11 Å². The van der Waals surface area contributed by atoms with E-state index in [1.807, 2.05) is 16.7 Å². The van der Waals surface area contributed by atoms with E-state index in [-0.39, 0.29) is 24.0 Å². The van der Waals surface area contributed by atoms with Crippen molar-refractivity contribution in [2.45, 2.75) is 58.5 Å². The highest BCUT2D eigenvalue weighted by molar-refractivity contribution is 5.74. The molecule has 6 nitrogen and oxygen atoms in total. The number of carbonyl (C=O) groups excluding carboxylic acids is 1. The number of hydrogen-bond acceptors (Lipinski definition) is 3. The van der Waals surface area contributed by atoms with Gasteiger partial charge in [-0.2, -0.15) is 0 Å². The largest absolute Gasteiger partial charge is 0.480 e. The second kappa shape index (κ2) is 9.22. The molecule has 1 aliphatic heterocycles. The maximum absolute atomic E-state index is 12.4. The predicted molar refractivity (Wildman–Crippen MR) is 107 cm³/mol. The molecule has 0 saturated carbocycles. The smallest absolute Gasteiger partial charge is 0.317 e. The number of piperidine rings is 1. The number of carboxylic acids is 1. The van der Waals surface area contributed by atoms with Crippen LogP contribution in [0.1, 0.15) is 51.7 Å². The Kier molecular flexibility index (Phi) is 7.25. The van der Waals surface area contributed by atoms with Crippen LogP contribution < -0.4 is 5.32 Å². The molecule has 2 N–H and O–H groups in total. The predicted octanol–water partition coefficient (Wildman–Crippen LogP) is 3.06. The van der Waals surface area contributed by atoms with Gasteiger partial charge in [0.25, 0.3) is 0 Å². The van der Waals surface area contributed by atoms with Crippen molar-refractivity contribution in [1.82, 2.24) is 15.1 Å². The molecule has 0 aliphatic carbocycles. The number of amides is 2. The molecule has 2 rings (SSSR count). The number of nitrogens with zero attached hydrogens (tertiary/aromatic N) is 2. The highest BCUT2D eigenvalue weighted by atomic mass is 16.4. The molecule has 1 heterocycles. The molecule has 27 heavy (non-hydrogen) atoms. The van der Waals surface area contributed by atoms with Crippen molar-refractivity contribution in [1.29, 1.82) is 0 Å². The molecule has 0 atom stereocenters. The number of urea groups is 1. The number of hydrogen-bond donors (Lipinski definition) is 2. The number of likely N-dealkylation sites (N-methyl/N-ethyl adjacent to an activating group) is 1. The van der Waals surface area contributed by atoms with Crippen molar-refractivity contribution in [3.8, 4) is 0 Å². The first-order valence-electron chi connectivity index (χ1n) is 9.78. The van der Waals surface area contributed by atoms with E-state index in [0.29, 0.717) is 26.2 Å². The summed E-state index contributed by atoms with van der Waals surface area (Å²) in [7, 11) is 0. The summed E-state index contributed by atoms with van der Waals surface area (Å²) in [6, 6.07) is 8.56. The van der Waals surface area contributed by atoms with E-state index in [1.54, 1.807) is 0 Å². The van der Waals surface area contributed by atoms with Crippen LogP contribution in [-0.2, 0) is 16.8 Å². The van der Waals surface area contributed by atoms with Crippen LogP contribution in [0.3, 0.4) is 0 Å². The standard InChI is InChI=1S/C21H33N3O3/c1-5-23(15-19(25)26)18-10-12-24(13-11-18)20(27)22-14-16-6-8-17(9-7-16)21(2,3)4/h6-9,18H,5,10-15H2,1-4H3,(H,22,27)(H,25,26). The number of carboxylic acid groups (broad SMARTS) is 1. The van der Waals surface area contributed by atoms with Crippen LogP contribution in [0.2, 0.25) is 0 Å². The number of likely N-dealkylation sites (tertiary alicyclic amines) is 1. The van der Waals surface area contributed by atoms with Crippen molar-refractivity contribution >= 4 is 12.0 Å². The zero-order valence-electron chi connectivity index (χ0n) is 17.0. The lowest BCUT2D eigenvalue weighted by Crippen LogP contribution is -2.50. The minimum absolute atomic E-state index is 0.0466. The van der Waals surface area contributed by atoms with Crippen molar-refractivity contribution in [2.75, 3.05) is 26.2 Å². The third-order valence-electron chi connectivity index (χ3n) is 5.28. The van der Waals surface area contributed by atoms with Gasteiger partial charge in [0, 0.05) is 25.7 Å². The molecule has 150 valence electrons. The molecule has 1 saturated heterocycles. The topological polar surface area (TPSA) is 72.9 Å². The average molecular weight is 376 g/mol. The van der Waals surface area contributed by atoms with Crippen molar-refractivity contribution in [2.24, 2.45) is 0 Å². The molecule has 6 heteroatoms. The van der Waals surface area contributed by atoms with Gasteiger partial charge in [0.2, 0.25) is 0 Å². The van der Waals surface area contributed by atoms with Crippen LogP contribution >= 0.6 is 0 Å².